The van der Waals surface area contributed by atoms with E-state index in [1.807, 2.05) is 13.8 Å². The van der Waals surface area contributed by atoms with Gasteiger partial charge in [-0.15, -0.1) is 11.6 Å². The molecule has 1 fully saturated rings. The van der Waals surface area contributed by atoms with Gasteiger partial charge in [-0.05, 0) is 27.7 Å². The maximum absolute atomic E-state index is 10.7. The zero-order valence-electron chi connectivity index (χ0n) is 11.9. The van der Waals surface area contributed by atoms with Gasteiger partial charge in [-0.2, -0.15) is 0 Å². The van der Waals surface area contributed by atoms with Crippen LogP contribution < -0.4 is 40.5 Å². The summed E-state index contributed by atoms with van der Waals surface area (Å²) in [5, 5.41) is 8.14. The molecule has 4 N–H and O–H groups in total. The Labute approximate surface area is 139 Å². The number of hydrogen-bond donors (Lipinski definition) is 3. The number of hydroxylamine groups is 2. The second-order valence-electron chi connectivity index (χ2n) is 5.06. The molecular formula is C10H20ClN2NaO5. The average Bonchev–Trinajstić information content (AvgIpc) is 2.57. The molecule has 108 valence electrons. The summed E-state index contributed by atoms with van der Waals surface area (Å²) in [6, 6.07) is 0. The largest absolute Gasteiger partial charge is 1.00 e. The predicted molar refractivity (Wildman–Crippen MR) is 64.2 cm³/mol. The number of nitrogens with one attached hydrogen (secondary N) is 2. The van der Waals surface area contributed by atoms with Crippen LogP contribution in [0.1, 0.15) is 27.7 Å². The van der Waals surface area contributed by atoms with Gasteiger partial charge in [-0.3, -0.25) is 19.6 Å². The van der Waals surface area contributed by atoms with Crippen LogP contribution in [0.2, 0.25) is 0 Å². The SMILES string of the molecule is CC(C)(CCl)C(=O)NO.CC1(C)CONC1=O.[Na+].[OH-]. The Morgan fingerprint density at radius 2 is 2.05 bits per heavy atom. The summed E-state index contributed by atoms with van der Waals surface area (Å²) in [5.74, 6) is -0.297. The fourth-order valence-electron chi connectivity index (χ4n) is 0.698. The molecule has 1 rings (SSSR count). The van der Waals surface area contributed by atoms with Crippen LogP contribution in [0.5, 0.6) is 0 Å². The third-order valence-corrected chi connectivity index (χ3v) is 2.93. The number of rotatable bonds is 2. The molecule has 2 amide bonds. The van der Waals surface area contributed by atoms with Crippen molar-refractivity contribution in [2.45, 2.75) is 27.7 Å². The molecule has 1 heterocycles. The number of carbonyl (C=O) groups is 2. The molecule has 0 aromatic carbocycles. The zero-order valence-corrected chi connectivity index (χ0v) is 14.7. The van der Waals surface area contributed by atoms with Gasteiger partial charge in [0.1, 0.15) is 0 Å². The normalized spacial score (nSPS) is 16.0. The Kier molecular flexibility index (Phi) is 12.6. The molecular weight excluding hydrogens is 287 g/mol. The average molecular weight is 307 g/mol. The predicted octanol–water partition coefficient (Wildman–Crippen LogP) is -2.34. The zero-order chi connectivity index (χ0) is 13.7. The fraction of sp³-hybridized carbons (Fsp3) is 0.800. The first-order valence-corrected chi connectivity index (χ1v) is 5.63. The van der Waals surface area contributed by atoms with E-state index in [2.05, 4.69) is 10.3 Å². The van der Waals surface area contributed by atoms with Crippen LogP contribution >= 0.6 is 11.6 Å². The Hall–Kier alpha value is 0.110. The molecule has 1 aliphatic rings. The molecule has 0 aromatic heterocycles. The van der Waals surface area contributed by atoms with Gasteiger partial charge < -0.3 is 5.48 Å². The van der Waals surface area contributed by atoms with E-state index < -0.39 is 11.3 Å². The Morgan fingerprint density at radius 1 is 1.58 bits per heavy atom. The first kappa shape index (κ1) is 24.1. The summed E-state index contributed by atoms with van der Waals surface area (Å²) < 4.78 is 0. The smallest absolute Gasteiger partial charge is 0.870 e. The first-order chi connectivity index (χ1) is 7.67. The third-order valence-electron chi connectivity index (χ3n) is 2.26. The minimum Gasteiger partial charge on any atom is -0.870 e. The van der Waals surface area contributed by atoms with Crippen LogP contribution in [-0.2, 0) is 14.4 Å². The standard InChI is InChI=1S/C5H10ClNO2.C5H9NO2.Na.H2O/c1-5(2,3-6)4(8)7-9;1-5(2)3-8-6-4(5)7;;/h9H,3H2,1-2H3,(H,7,8);3H2,1-2H3,(H,6,7);;1H2/q;;+1;/p-1. The summed E-state index contributed by atoms with van der Waals surface area (Å²) in [7, 11) is 0. The van der Waals surface area contributed by atoms with Crippen LogP contribution in [0.3, 0.4) is 0 Å². The Morgan fingerprint density at radius 3 is 2.16 bits per heavy atom. The van der Waals surface area contributed by atoms with Crippen molar-refractivity contribution in [2.24, 2.45) is 10.8 Å². The van der Waals surface area contributed by atoms with Gasteiger partial charge in [0.2, 0.25) is 5.91 Å². The molecule has 0 bridgehead atoms. The second kappa shape index (κ2) is 9.93. The monoisotopic (exact) mass is 306 g/mol. The van der Waals surface area contributed by atoms with Crippen LogP contribution in [0.4, 0.5) is 0 Å². The summed E-state index contributed by atoms with van der Waals surface area (Å²) in [6.07, 6.45) is 0. The van der Waals surface area contributed by atoms with E-state index in [-0.39, 0.29) is 52.2 Å². The van der Waals surface area contributed by atoms with Crippen LogP contribution in [0, 0.1) is 10.8 Å². The molecule has 9 heteroatoms. The third kappa shape index (κ3) is 8.09. The number of carbonyl (C=O) groups excluding carboxylic acids is 2. The maximum Gasteiger partial charge on any atom is 1.00 e. The Balaban J connectivity index is -0.000000244. The Bertz CT molecular complexity index is 300. The van der Waals surface area contributed by atoms with Gasteiger partial charge in [0.05, 0.1) is 17.4 Å². The quantitative estimate of drug-likeness (QED) is 0.229. The van der Waals surface area contributed by atoms with E-state index in [1.165, 1.54) is 5.48 Å². The molecule has 1 saturated heterocycles. The molecule has 0 spiro atoms. The molecule has 0 aliphatic carbocycles. The van der Waals surface area contributed by atoms with Crippen LogP contribution in [0.25, 0.3) is 0 Å². The molecule has 1 aliphatic heterocycles. The van der Waals surface area contributed by atoms with Crippen molar-refractivity contribution in [3.63, 3.8) is 0 Å². The van der Waals surface area contributed by atoms with Crippen molar-refractivity contribution in [1.82, 2.24) is 11.0 Å². The van der Waals surface area contributed by atoms with Gasteiger partial charge in [0.15, 0.2) is 0 Å². The van der Waals surface area contributed by atoms with Gasteiger partial charge >= 0.3 is 29.6 Å². The van der Waals surface area contributed by atoms with Gasteiger partial charge in [0.25, 0.3) is 5.91 Å². The van der Waals surface area contributed by atoms with E-state index >= 15 is 0 Å². The van der Waals surface area contributed by atoms with Gasteiger partial charge in [0, 0.05) is 5.88 Å². The topological polar surface area (TPSA) is 118 Å². The van der Waals surface area contributed by atoms with E-state index in [0.717, 1.165) is 0 Å². The van der Waals surface area contributed by atoms with E-state index in [1.54, 1.807) is 13.8 Å². The minimum absolute atomic E-state index is 0. The molecule has 19 heavy (non-hydrogen) atoms. The summed E-state index contributed by atoms with van der Waals surface area (Å²) in [6.45, 7) is 7.45. The summed E-state index contributed by atoms with van der Waals surface area (Å²) in [5.41, 5.74) is 2.80. The second-order valence-corrected chi connectivity index (χ2v) is 5.33. The van der Waals surface area contributed by atoms with Gasteiger partial charge in [-0.25, -0.2) is 11.0 Å². The number of hydrogen-bond acceptors (Lipinski definition) is 5. The van der Waals surface area contributed by atoms with Crippen molar-refractivity contribution in [1.29, 1.82) is 0 Å². The first-order valence-electron chi connectivity index (χ1n) is 5.10. The van der Waals surface area contributed by atoms with Crippen molar-refractivity contribution in [3.8, 4) is 0 Å². The maximum atomic E-state index is 10.7. The van der Waals surface area contributed by atoms with Gasteiger partial charge in [-0.1, -0.05) is 0 Å². The summed E-state index contributed by atoms with van der Waals surface area (Å²) in [4.78, 5) is 26.0. The van der Waals surface area contributed by atoms with Crippen LogP contribution in [-0.4, -0.2) is 35.0 Å². The number of amides is 2. The van der Waals surface area contributed by atoms with Crippen molar-refractivity contribution in [3.05, 3.63) is 0 Å². The van der Waals surface area contributed by atoms with E-state index in [0.29, 0.717) is 6.61 Å². The number of halogens is 1. The van der Waals surface area contributed by atoms with E-state index in [4.69, 9.17) is 16.8 Å². The molecule has 0 radical (unpaired) electrons. The van der Waals surface area contributed by atoms with Crippen molar-refractivity contribution >= 4 is 23.4 Å². The van der Waals surface area contributed by atoms with Crippen molar-refractivity contribution < 1.29 is 54.7 Å². The fourth-order valence-corrected chi connectivity index (χ4v) is 0.819. The summed E-state index contributed by atoms with van der Waals surface area (Å²) >= 11 is 5.39. The molecule has 0 unspecified atom stereocenters. The molecule has 0 saturated carbocycles. The van der Waals surface area contributed by atoms with Crippen molar-refractivity contribution in [2.75, 3.05) is 12.5 Å². The van der Waals surface area contributed by atoms with E-state index in [9.17, 15) is 9.59 Å². The molecule has 0 atom stereocenters. The van der Waals surface area contributed by atoms with Crippen LogP contribution in [0.15, 0.2) is 0 Å². The molecule has 7 nitrogen and oxygen atoms in total. The minimum atomic E-state index is -0.684. The molecule has 0 aromatic rings. The number of alkyl halides is 1.